The van der Waals surface area contributed by atoms with Crippen LogP contribution in [0.1, 0.15) is 51.9 Å². The average molecular weight is 314 g/mol. The van der Waals surface area contributed by atoms with Crippen molar-refractivity contribution < 1.29 is 4.79 Å². The summed E-state index contributed by atoms with van der Waals surface area (Å²) in [4.78, 5) is 45.0. The molecule has 0 N–H and O–H groups in total. The molecule has 0 rings (SSSR count). The van der Waals surface area contributed by atoms with Gasteiger partial charge in [0.1, 0.15) is 12.6 Å². The van der Waals surface area contributed by atoms with Crippen molar-refractivity contribution >= 4 is 5.91 Å². The molecule has 0 aliphatic rings. The number of amides is 1. The first kappa shape index (κ1) is 20.3. The second kappa shape index (κ2) is 13.0. The van der Waals surface area contributed by atoms with Crippen LogP contribution in [0.3, 0.4) is 0 Å². The van der Waals surface area contributed by atoms with Crippen LogP contribution in [0, 0.1) is 14.7 Å². The van der Waals surface area contributed by atoms with Gasteiger partial charge in [-0.3, -0.25) is 4.79 Å². The minimum atomic E-state index is -1.19. The van der Waals surface area contributed by atoms with E-state index >= 15 is 0 Å². The molecule has 0 aliphatic heterocycles. The molecule has 0 spiro atoms. The van der Waals surface area contributed by atoms with Crippen LogP contribution in [0.15, 0.2) is 15.5 Å². The maximum Gasteiger partial charge on any atom is 0.250 e. The molecular formula is C14H26N4O4. The number of hydrogen-bond acceptors (Lipinski definition) is 7. The Morgan fingerprint density at radius 2 is 1.64 bits per heavy atom. The molecule has 0 saturated carbocycles. The SMILES string of the molecule is CCCCCCCCN(C)C(=O)C(CC(CN=O)N=O)N=O. The minimum absolute atomic E-state index is 0.168. The molecule has 0 heterocycles. The van der Waals surface area contributed by atoms with Crippen molar-refractivity contribution in [2.24, 2.45) is 15.5 Å². The van der Waals surface area contributed by atoms with Crippen LogP contribution in [0.25, 0.3) is 0 Å². The molecule has 0 aliphatic carbocycles. The molecule has 0 aromatic carbocycles. The molecule has 126 valence electrons. The molecule has 0 fully saturated rings. The van der Waals surface area contributed by atoms with Crippen molar-refractivity contribution in [3.63, 3.8) is 0 Å². The summed E-state index contributed by atoms with van der Waals surface area (Å²) < 4.78 is 0. The van der Waals surface area contributed by atoms with Crippen LogP contribution in [-0.4, -0.2) is 43.0 Å². The summed E-state index contributed by atoms with van der Waals surface area (Å²) in [5, 5.41) is 8.03. The Labute approximate surface area is 130 Å². The minimum Gasteiger partial charge on any atom is -0.344 e. The van der Waals surface area contributed by atoms with Crippen molar-refractivity contribution in [1.29, 1.82) is 0 Å². The monoisotopic (exact) mass is 314 g/mol. The number of unbranched alkanes of at least 4 members (excludes halogenated alkanes) is 5. The fourth-order valence-corrected chi connectivity index (χ4v) is 2.18. The van der Waals surface area contributed by atoms with E-state index in [9.17, 15) is 19.5 Å². The molecule has 8 nitrogen and oxygen atoms in total. The van der Waals surface area contributed by atoms with Gasteiger partial charge in [0.2, 0.25) is 0 Å². The second-order valence-corrected chi connectivity index (χ2v) is 5.46. The van der Waals surface area contributed by atoms with Crippen molar-refractivity contribution in [3.8, 4) is 0 Å². The summed E-state index contributed by atoms with van der Waals surface area (Å²) in [7, 11) is 1.61. The van der Waals surface area contributed by atoms with E-state index in [1.807, 2.05) is 0 Å². The zero-order valence-corrected chi connectivity index (χ0v) is 13.4. The summed E-state index contributed by atoms with van der Waals surface area (Å²) >= 11 is 0. The van der Waals surface area contributed by atoms with Gasteiger partial charge in [0.05, 0.1) is 0 Å². The molecule has 0 bridgehead atoms. The largest absolute Gasteiger partial charge is 0.344 e. The fraction of sp³-hybridized carbons (Fsp3) is 0.929. The number of likely N-dealkylation sites (N-methyl/N-ethyl adjacent to an activating group) is 1. The van der Waals surface area contributed by atoms with Gasteiger partial charge in [0.15, 0.2) is 6.04 Å². The highest BCUT2D eigenvalue weighted by molar-refractivity contribution is 5.81. The number of hydrogen-bond donors (Lipinski definition) is 0. The van der Waals surface area contributed by atoms with Crippen molar-refractivity contribution in [3.05, 3.63) is 14.7 Å². The van der Waals surface area contributed by atoms with Crippen molar-refractivity contribution in [2.45, 2.75) is 64.0 Å². The maximum atomic E-state index is 12.1. The van der Waals surface area contributed by atoms with Crippen molar-refractivity contribution in [2.75, 3.05) is 20.1 Å². The third kappa shape index (κ3) is 8.53. The molecule has 1 amide bonds. The molecule has 2 atom stereocenters. The lowest BCUT2D eigenvalue weighted by Crippen LogP contribution is -2.37. The third-order valence-electron chi connectivity index (χ3n) is 3.57. The number of nitroso groups, excluding NO2 is 3. The van der Waals surface area contributed by atoms with Gasteiger partial charge in [-0.25, -0.2) is 0 Å². The summed E-state index contributed by atoms with van der Waals surface area (Å²) in [6.07, 6.45) is 6.46. The molecule has 0 aromatic heterocycles. The van der Waals surface area contributed by atoms with E-state index in [1.165, 1.54) is 24.2 Å². The van der Waals surface area contributed by atoms with Gasteiger partial charge in [0.25, 0.3) is 5.91 Å². The quantitative estimate of drug-likeness (QED) is 0.362. The van der Waals surface area contributed by atoms with Gasteiger partial charge < -0.3 is 4.90 Å². The highest BCUT2D eigenvalue weighted by atomic mass is 16.3. The van der Waals surface area contributed by atoms with Crippen LogP contribution in [0.2, 0.25) is 0 Å². The standard InChI is InChI=1S/C14H26N4O4/c1-3-4-5-6-7-8-9-18(2)14(19)13(17-22)10-12(16-21)11-15-20/h12-13H,3-11H2,1-2H3. The molecule has 22 heavy (non-hydrogen) atoms. The molecule has 0 saturated heterocycles. The first-order chi connectivity index (χ1) is 10.6. The van der Waals surface area contributed by atoms with E-state index in [-0.39, 0.29) is 13.0 Å². The number of carbonyl (C=O) groups excluding carboxylic acids is 1. The van der Waals surface area contributed by atoms with Gasteiger partial charge in [0, 0.05) is 20.0 Å². The van der Waals surface area contributed by atoms with Crippen LogP contribution in [-0.2, 0) is 4.79 Å². The summed E-state index contributed by atoms with van der Waals surface area (Å²) in [5.41, 5.74) is 0. The predicted octanol–water partition coefficient (Wildman–Crippen LogP) is 3.23. The smallest absolute Gasteiger partial charge is 0.250 e. The average Bonchev–Trinajstić information content (AvgIpc) is 2.53. The van der Waals surface area contributed by atoms with Crippen LogP contribution in [0.5, 0.6) is 0 Å². The molecule has 0 radical (unpaired) electrons. The number of nitrogens with zero attached hydrogens (tertiary/aromatic N) is 4. The zero-order valence-electron chi connectivity index (χ0n) is 13.4. The summed E-state index contributed by atoms with van der Waals surface area (Å²) in [6, 6.07) is -2.17. The lowest BCUT2D eigenvalue weighted by molar-refractivity contribution is -0.131. The van der Waals surface area contributed by atoms with Gasteiger partial charge >= 0.3 is 0 Å². The Hall–Kier alpha value is -1.73. The highest BCUT2D eigenvalue weighted by Gasteiger charge is 2.27. The normalized spacial score (nSPS) is 13.2. The maximum absolute atomic E-state index is 12.1. The summed E-state index contributed by atoms with van der Waals surface area (Å²) in [5.74, 6) is -0.442. The van der Waals surface area contributed by atoms with Gasteiger partial charge in [-0.2, -0.15) is 9.81 Å². The predicted molar refractivity (Wildman–Crippen MR) is 85.5 cm³/mol. The highest BCUT2D eigenvalue weighted by Crippen LogP contribution is 2.11. The Balaban J connectivity index is 4.17. The second-order valence-electron chi connectivity index (χ2n) is 5.46. The van der Waals surface area contributed by atoms with E-state index < -0.39 is 18.0 Å². The Kier molecular flexibility index (Phi) is 11.9. The van der Waals surface area contributed by atoms with E-state index in [2.05, 4.69) is 22.5 Å². The Morgan fingerprint density at radius 1 is 1.00 bits per heavy atom. The summed E-state index contributed by atoms with van der Waals surface area (Å²) in [6.45, 7) is 2.35. The van der Waals surface area contributed by atoms with E-state index in [0.29, 0.717) is 6.54 Å². The third-order valence-corrected chi connectivity index (χ3v) is 3.57. The van der Waals surface area contributed by atoms with E-state index in [1.54, 1.807) is 7.05 Å². The molecule has 2 unspecified atom stereocenters. The number of rotatable bonds is 14. The lowest BCUT2D eigenvalue weighted by Gasteiger charge is -2.20. The van der Waals surface area contributed by atoms with E-state index in [0.717, 1.165) is 19.3 Å². The lowest BCUT2D eigenvalue weighted by atomic mass is 10.1. The topological polar surface area (TPSA) is 109 Å². The fourth-order valence-electron chi connectivity index (χ4n) is 2.18. The molecular weight excluding hydrogens is 288 g/mol. The van der Waals surface area contributed by atoms with Crippen LogP contribution >= 0.6 is 0 Å². The van der Waals surface area contributed by atoms with Gasteiger partial charge in [-0.15, -0.1) is 4.91 Å². The first-order valence-corrected chi connectivity index (χ1v) is 7.79. The van der Waals surface area contributed by atoms with E-state index in [4.69, 9.17) is 0 Å². The molecule has 8 heteroatoms. The zero-order chi connectivity index (χ0) is 16.8. The number of carbonyl (C=O) groups is 1. The Bertz CT molecular complexity index is 352. The van der Waals surface area contributed by atoms with Gasteiger partial charge in [-0.05, 0) is 6.42 Å². The van der Waals surface area contributed by atoms with Crippen molar-refractivity contribution in [1.82, 2.24) is 4.90 Å². The molecule has 0 aromatic rings. The van der Waals surface area contributed by atoms with Gasteiger partial charge in [-0.1, -0.05) is 54.6 Å². The van der Waals surface area contributed by atoms with Crippen LogP contribution < -0.4 is 0 Å². The van der Waals surface area contributed by atoms with Crippen LogP contribution in [0.4, 0.5) is 0 Å². The Morgan fingerprint density at radius 3 is 2.18 bits per heavy atom. The first-order valence-electron chi connectivity index (χ1n) is 7.79.